The number of sulfone groups is 1. The van der Waals surface area contributed by atoms with Crippen molar-refractivity contribution in [3.8, 4) is 16.3 Å². The van der Waals surface area contributed by atoms with E-state index in [9.17, 15) is 12.8 Å². The first-order chi connectivity index (χ1) is 18.8. The van der Waals surface area contributed by atoms with Gasteiger partial charge >= 0.3 is 0 Å². The predicted molar refractivity (Wildman–Crippen MR) is 155 cm³/mol. The van der Waals surface area contributed by atoms with Gasteiger partial charge in [0, 0.05) is 58.9 Å². The van der Waals surface area contributed by atoms with Crippen LogP contribution in [0, 0.1) is 5.82 Å². The van der Waals surface area contributed by atoms with Gasteiger partial charge in [-0.15, -0.1) is 11.3 Å². The van der Waals surface area contributed by atoms with Crippen LogP contribution in [0.1, 0.15) is 10.4 Å². The molecule has 0 radical (unpaired) electrons. The summed E-state index contributed by atoms with van der Waals surface area (Å²) in [6.45, 7) is 1.35. The summed E-state index contributed by atoms with van der Waals surface area (Å²) in [5.41, 5.74) is 4.56. The number of rotatable bonds is 11. The van der Waals surface area contributed by atoms with Gasteiger partial charge in [-0.2, -0.15) is 0 Å². The molecule has 0 spiro atoms. The molecule has 39 heavy (non-hydrogen) atoms. The summed E-state index contributed by atoms with van der Waals surface area (Å²) >= 11 is 1.57. The Morgan fingerprint density at radius 3 is 2.54 bits per heavy atom. The highest BCUT2D eigenvalue weighted by atomic mass is 32.2. The highest BCUT2D eigenvalue weighted by Crippen LogP contribution is 2.31. The van der Waals surface area contributed by atoms with E-state index in [0.29, 0.717) is 19.7 Å². The van der Waals surface area contributed by atoms with Gasteiger partial charge in [-0.3, -0.25) is 4.98 Å². The van der Waals surface area contributed by atoms with Crippen molar-refractivity contribution >= 4 is 43.5 Å². The molecule has 0 saturated carbocycles. The largest absolute Gasteiger partial charge is 0.489 e. The van der Waals surface area contributed by atoms with Gasteiger partial charge in [0.25, 0.3) is 0 Å². The number of nitrogens with zero attached hydrogens (tertiary/aromatic N) is 2. The van der Waals surface area contributed by atoms with Crippen molar-refractivity contribution in [1.82, 2.24) is 15.3 Å². The number of halogens is 1. The van der Waals surface area contributed by atoms with E-state index in [2.05, 4.69) is 20.6 Å². The van der Waals surface area contributed by atoms with E-state index < -0.39 is 9.84 Å². The summed E-state index contributed by atoms with van der Waals surface area (Å²) in [5, 5.41) is 8.47. The van der Waals surface area contributed by atoms with Gasteiger partial charge in [-0.05, 0) is 54.1 Å². The third-order valence-corrected chi connectivity index (χ3v) is 7.94. The van der Waals surface area contributed by atoms with Crippen LogP contribution in [-0.2, 0) is 23.0 Å². The van der Waals surface area contributed by atoms with E-state index in [4.69, 9.17) is 4.74 Å². The summed E-state index contributed by atoms with van der Waals surface area (Å²) in [6.07, 6.45) is 4.82. The Morgan fingerprint density at radius 1 is 0.974 bits per heavy atom. The first-order valence-electron chi connectivity index (χ1n) is 12.3. The highest BCUT2D eigenvalue weighted by molar-refractivity contribution is 7.90. The lowest BCUT2D eigenvalue weighted by Gasteiger charge is -2.11. The number of hydrogen-bond acceptors (Lipinski definition) is 8. The zero-order chi connectivity index (χ0) is 27.2. The molecule has 2 heterocycles. The van der Waals surface area contributed by atoms with Gasteiger partial charge in [-0.25, -0.2) is 17.8 Å². The van der Waals surface area contributed by atoms with Crippen molar-refractivity contribution in [2.75, 3.05) is 23.9 Å². The molecular weight excluding hydrogens is 535 g/mol. The van der Waals surface area contributed by atoms with Crippen LogP contribution in [0.5, 0.6) is 5.75 Å². The second-order valence-corrected chi connectivity index (χ2v) is 12.5. The fourth-order valence-corrected chi connectivity index (χ4v) is 5.31. The van der Waals surface area contributed by atoms with Crippen molar-refractivity contribution in [3.63, 3.8) is 0 Å². The Bertz CT molecular complexity index is 1670. The summed E-state index contributed by atoms with van der Waals surface area (Å²) in [4.78, 5) is 10.1. The highest BCUT2D eigenvalue weighted by Gasteiger charge is 2.09. The maximum atomic E-state index is 13.1. The van der Waals surface area contributed by atoms with Crippen LogP contribution in [0.25, 0.3) is 21.5 Å². The monoisotopic (exact) mass is 562 g/mol. The predicted octanol–water partition coefficient (Wildman–Crippen LogP) is 5.95. The molecule has 10 heteroatoms. The first kappa shape index (κ1) is 26.7. The second-order valence-electron chi connectivity index (χ2n) is 9.09. The number of hydrogen-bond donors (Lipinski definition) is 2. The van der Waals surface area contributed by atoms with Crippen molar-refractivity contribution < 1.29 is 17.5 Å². The van der Waals surface area contributed by atoms with Gasteiger partial charge in [-0.1, -0.05) is 24.3 Å². The minimum atomic E-state index is -2.98. The SMILES string of the molecule is CS(=O)(=O)CCNCc1cnc(-c2ccc3c(Nc4ccc(OCc5ccc(F)cc5)cc4)ccnc3c2)s1. The van der Waals surface area contributed by atoms with Crippen molar-refractivity contribution in [2.45, 2.75) is 13.2 Å². The average Bonchev–Trinajstić information content (AvgIpc) is 3.40. The van der Waals surface area contributed by atoms with E-state index in [-0.39, 0.29) is 11.6 Å². The Balaban J connectivity index is 1.23. The lowest BCUT2D eigenvalue weighted by Crippen LogP contribution is -2.21. The summed E-state index contributed by atoms with van der Waals surface area (Å²) in [5.74, 6) is 0.572. The van der Waals surface area contributed by atoms with Gasteiger partial charge < -0.3 is 15.4 Å². The zero-order valence-corrected chi connectivity index (χ0v) is 22.9. The normalized spacial score (nSPS) is 11.5. The molecule has 2 N–H and O–H groups in total. The lowest BCUT2D eigenvalue weighted by molar-refractivity contribution is 0.306. The zero-order valence-electron chi connectivity index (χ0n) is 21.2. The third kappa shape index (κ3) is 7.38. The number of pyridine rings is 1. The van der Waals surface area contributed by atoms with Crippen LogP contribution in [0.4, 0.5) is 15.8 Å². The molecule has 0 bridgehead atoms. The van der Waals surface area contributed by atoms with Gasteiger partial charge in [0.05, 0.1) is 11.3 Å². The molecule has 0 atom stereocenters. The molecule has 3 aromatic carbocycles. The topological polar surface area (TPSA) is 93.2 Å². The second kappa shape index (κ2) is 11.9. The van der Waals surface area contributed by atoms with Gasteiger partial charge in [0.2, 0.25) is 0 Å². The molecular formula is C29H27FN4O3S2. The fraction of sp³-hybridized carbons (Fsp3) is 0.172. The molecule has 5 rings (SSSR count). The Kier molecular flexibility index (Phi) is 8.16. The minimum absolute atomic E-state index is 0.112. The van der Waals surface area contributed by atoms with Crippen molar-refractivity contribution in [1.29, 1.82) is 0 Å². The minimum Gasteiger partial charge on any atom is -0.489 e. The maximum Gasteiger partial charge on any atom is 0.148 e. The van der Waals surface area contributed by atoms with Crippen LogP contribution in [0.3, 0.4) is 0 Å². The lowest BCUT2D eigenvalue weighted by atomic mass is 10.1. The molecule has 0 unspecified atom stereocenters. The maximum absolute atomic E-state index is 13.1. The Morgan fingerprint density at radius 2 is 1.77 bits per heavy atom. The molecule has 2 aromatic heterocycles. The number of ether oxygens (including phenoxy) is 1. The molecule has 0 amide bonds. The van der Waals surface area contributed by atoms with E-state index >= 15 is 0 Å². The number of thiazole rings is 1. The van der Waals surface area contributed by atoms with Crippen LogP contribution in [-0.4, -0.2) is 36.9 Å². The van der Waals surface area contributed by atoms with Crippen LogP contribution in [0.2, 0.25) is 0 Å². The summed E-state index contributed by atoms with van der Waals surface area (Å²) in [6, 6.07) is 22.0. The molecule has 0 fully saturated rings. The molecule has 0 aliphatic heterocycles. The number of nitrogens with one attached hydrogen (secondary N) is 2. The molecule has 200 valence electrons. The van der Waals surface area contributed by atoms with Crippen LogP contribution >= 0.6 is 11.3 Å². The van der Waals surface area contributed by atoms with Crippen molar-refractivity contribution in [2.24, 2.45) is 0 Å². The third-order valence-electron chi connectivity index (χ3n) is 5.94. The Hall–Kier alpha value is -3.86. The summed E-state index contributed by atoms with van der Waals surface area (Å²) in [7, 11) is -2.98. The quantitative estimate of drug-likeness (QED) is 0.192. The van der Waals surface area contributed by atoms with Gasteiger partial charge in [0.15, 0.2) is 0 Å². The fourth-order valence-electron chi connectivity index (χ4n) is 3.92. The molecule has 0 aliphatic rings. The van der Waals surface area contributed by atoms with E-state index in [1.807, 2.05) is 54.7 Å². The number of anilines is 2. The van der Waals surface area contributed by atoms with Crippen LogP contribution in [0.15, 0.2) is 85.2 Å². The van der Waals surface area contributed by atoms with E-state index in [1.54, 1.807) is 29.7 Å². The number of fused-ring (bicyclic) bond motifs is 1. The standard InChI is InChI=1S/C29H27FN4O3S2/c1-39(35,36)15-14-31-17-25-18-33-29(38-25)21-4-11-26-27(12-13-32-28(26)16-21)34-23-7-9-24(10-8-23)37-19-20-2-5-22(30)6-3-20/h2-13,16,18,31H,14-15,17,19H2,1H3,(H,32,34). The van der Waals surface area contributed by atoms with Crippen molar-refractivity contribution in [3.05, 3.63) is 101 Å². The first-order valence-corrected chi connectivity index (χ1v) is 15.2. The van der Waals surface area contributed by atoms with Crippen LogP contribution < -0.4 is 15.4 Å². The average molecular weight is 563 g/mol. The van der Waals surface area contributed by atoms with E-state index in [1.165, 1.54) is 18.4 Å². The number of aromatic nitrogens is 2. The Labute approximate surface area is 230 Å². The summed E-state index contributed by atoms with van der Waals surface area (Å²) < 4.78 is 41.4. The van der Waals surface area contributed by atoms with Gasteiger partial charge in [0.1, 0.15) is 33.0 Å². The molecule has 0 aliphatic carbocycles. The molecule has 5 aromatic rings. The smallest absolute Gasteiger partial charge is 0.148 e. The number of benzene rings is 3. The molecule has 0 saturated heterocycles. The van der Waals surface area contributed by atoms with E-state index in [0.717, 1.165) is 49.0 Å². The molecule has 7 nitrogen and oxygen atoms in total.